The van der Waals surface area contributed by atoms with E-state index < -0.39 is 5.97 Å². The van der Waals surface area contributed by atoms with Gasteiger partial charge >= 0.3 is 5.97 Å². The third-order valence-electron chi connectivity index (χ3n) is 3.82. The SMILES string of the molecule is O=C(O)/C=C/c1cc2sc3ccccc3c2c2ccccc12. The van der Waals surface area contributed by atoms with Gasteiger partial charge in [0.15, 0.2) is 0 Å². The molecule has 3 aromatic carbocycles. The number of carboxylic acid groups (broad SMARTS) is 1. The standard InChI is InChI=1S/C19H12O2S/c20-18(21)10-9-12-11-17-19(14-6-2-1-5-13(12)14)15-7-3-4-8-16(15)22-17/h1-11H,(H,20,21)/b10-9+. The average Bonchev–Trinajstić information content (AvgIpc) is 2.91. The Morgan fingerprint density at radius 2 is 1.59 bits per heavy atom. The van der Waals surface area contributed by atoms with E-state index in [0.29, 0.717) is 0 Å². The minimum atomic E-state index is -0.930. The summed E-state index contributed by atoms with van der Waals surface area (Å²) >= 11 is 1.74. The van der Waals surface area contributed by atoms with Crippen LogP contribution in [0.25, 0.3) is 37.0 Å². The summed E-state index contributed by atoms with van der Waals surface area (Å²) in [5, 5.41) is 13.6. The fraction of sp³-hybridized carbons (Fsp3) is 0. The maximum absolute atomic E-state index is 10.8. The molecule has 0 aliphatic heterocycles. The van der Waals surface area contributed by atoms with Gasteiger partial charge in [-0.15, -0.1) is 11.3 Å². The van der Waals surface area contributed by atoms with Crippen molar-refractivity contribution in [1.82, 2.24) is 0 Å². The normalized spacial score (nSPS) is 11.8. The largest absolute Gasteiger partial charge is 0.478 e. The minimum Gasteiger partial charge on any atom is -0.478 e. The molecular formula is C19H12O2S. The van der Waals surface area contributed by atoms with E-state index in [1.54, 1.807) is 17.4 Å². The molecule has 1 aromatic heterocycles. The fourth-order valence-corrected chi connectivity index (χ4v) is 4.09. The van der Waals surface area contributed by atoms with Crippen LogP contribution in [0.5, 0.6) is 0 Å². The van der Waals surface area contributed by atoms with Gasteiger partial charge in [-0.25, -0.2) is 4.79 Å². The number of thiophene rings is 1. The van der Waals surface area contributed by atoms with Gasteiger partial charge in [0.05, 0.1) is 0 Å². The average molecular weight is 304 g/mol. The summed E-state index contributed by atoms with van der Waals surface area (Å²) in [4.78, 5) is 10.8. The highest BCUT2D eigenvalue weighted by atomic mass is 32.1. The van der Waals surface area contributed by atoms with Gasteiger partial charge in [-0.2, -0.15) is 0 Å². The highest BCUT2D eigenvalue weighted by molar-refractivity contribution is 7.26. The topological polar surface area (TPSA) is 37.3 Å². The smallest absolute Gasteiger partial charge is 0.328 e. The first-order valence-corrected chi connectivity index (χ1v) is 7.80. The van der Waals surface area contributed by atoms with Crippen LogP contribution in [-0.2, 0) is 4.79 Å². The second-order valence-electron chi connectivity index (χ2n) is 5.15. The van der Waals surface area contributed by atoms with Crippen LogP contribution >= 0.6 is 11.3 Å². The van der Waals surface area contributed by atoms with Crippen molar-refractivity contribution in [3.8, 4) is 0 Å². The van der Waals surface area contributed by atoms with Crippen molar-refractivity contribution in [2.75, 3.05) is 0 Å². The summed E-state index contributed by atoms with van der Waals surface area (Å²) in [6.45, 7) is 0. The monoisotopic (exact) mass is 304 g/mol. The van der Waals surface area contributed by atoms with Crippen LogP contribution in [0.1, 0.15) is 5.56 Å². The maximum Gasteiger partial charge on any atom is 0.328 e. The van der Waals surface area contributed by atoms with Crippen molar-refractivity contribution in [2.24, 2.45) is 0 Å². The van der Waals surface area contributed by atoms with E-state index in [2.05, 4.69) is 30.3 Å². The molecule has 2 nitrogen and oxygen atoms in total. The van der Waals surface area contributed by atoms with Crippen LogP contribution in [0, 0.1) is 0 Å². The molecule has 0 bridgehead atoms. The lowest BCUT2D eigenvalue weighted by molar-refractivity contribution is -0.131. The number of carboxylic acids is 1. The van der Waals surface area contributed by atoms with Gasteiger partial charge in [-0.1, -0.05) is 42.5 Å². The molecule has 0 unspecified atom stereocenters. The second-order valence-corrected chi connectivity index (χ2v) is 6.24. The van der Waals surface area contributed by atoms with Crippen molar-refractivity contribution in [2.45, 2.75) is 0 Å². The van der Waals surface area contributed by atoms with E-state index in [0.717, 1.165) is 10.9 Å². The van der Waals surface area contributed by atoms with Gasteiger partial charge in [-0.3, -0.25) is 0 Å². The van der Waals surface area contributed by atoms with Crippen molar-refractivity contribution in [3.63, 3.8) is 0 Å². The Kier molecular flexibility index (Phi) is 2.94. The number of rotatable bonds is 2. The van der Waals surface area contributed by atoms with E-state index in [1.807, 2.05) is 24.3 Å². The minimum absolute atomic E-state index is 0.930. The molecule has 106 valence electrons. The summed E-state index contributed by atoms with van der Waals surface area (Å²) in [5.41, 5.74) is 0.942. The number of hydrogen-bond donors (Lipinski definition) is 1. The first-order chi connectivity index (χ1) is 10.7. The Bertz CT molecular complexity index is 1060. The third-order valence-corrected chi connectivity index (χ3v) is 4.94. The number of carbonyl (C=O) groups is 1. The van der Waals surface area contributed by atoms with Gasteiger partial charge in [0.1, 0.15) is 0 Å². The van der Waals surface area contributed by atoms with Crippen molar-refractivity contribution in [3.05, 3.63) is 66.2 Å². The molecule has 4 aromatic rings. The molecule has 4 rings (SSSR count). The Hall–Kier alpha value is -2.65. The number of aliphatic carboxylic acids is 1. The van der Waals surface area contributed by atoms with Gasteiger partial charge in [0.2, 0.25) is 0 Å². The number of fused-ring (bicyclic) bond motifs is 5. The number of hydrogen-bond acceptors (Lipinski definition) is 2. The molecule has 3 heteroatoms. The van der Waals surface area contributed by atoms with Gasteiger partial charge < -0.3 is 5.11 Å². The Morgan fingerprint density at radius 3 is 2.36 bits per heavy atom. The summed E-state index contributed by atoms with van der Waals surface area (Å²) in [6, 6.07) is 18.6. The van der Waals surface area contributed by atoms with Crippen LogP contribution in [0.4, 0.5) is 0 Å². The van der Waals surface area contributed by atoms with E-state index in [9.17, 15) is 4.79 Å². The molecule has 0 saturated carbocycles. The molecule has 0 amide bonds. The Balaban J connectivity index is 2.17. The number of benzene rings is 3. The summed E-state index contributed by atoms with van der Waals surface area (Å²) < 4.78 is 2.44. The second kappa shape index (κ2) is 4.97. The van der Waals surface area contributed by atoms with Gasteiger partial charge in [0, 0.05) is 26.2 Å². The van der Waals surface area contributed by atoms with Gasteiger partial charge in [-0.05, 0) is 34.5 Å². The highest BCUT2D eigenvalue weighted by Crippen LogP contribution is 2.39. The van der Waals surface area contributed by atoms with Crippen molar-refractivity contribution < 1.29 is 9.90 Å². The van der Waals surface area contributed by atoms with E-state index >= 15 is 0 Å². The lowest BCUT2D eigenvalue weighted by atomic mass is 9.99. The van der Waals surface area contributed by atoms with Gasteiger partial charge in [0.25, 0.3) is 0 Å². The van der Waals surface area contributed by atoms with Crippen molar-refractivity contribution >= 4 is 54.3 Å². The fourth-order valence-electron chi connectivity index (χ4n) is 2.91. The molecular weight excluding hydrogens is 292 g/mol. The van der Waals surface area contributed by atoms with Crippen LogP contribution in [-0.4, -0.2) is 11.1 Å². The van der Waals surface area contributed by atoms with E-state index in [-0.39, 0.29) is 0 Å². The van der Waals surface area contributed by atoms with Crippen molar-refractivity contribution in [1.29, 1.82) is 0 Å². The summed E-state index contributed by atoms with van der Waals surface area (Å²) in [5.74, 6) is -0.930. The van der Waals surface area contributed by atoms with Crippen LogP contribution < -0.4 is 0 Å². The predicted octanol–water partition coefficient (Wildman–Crippen LogP) is 5.31. The molecule has 0 atom stereocenters. The molecule has 0 aliphatic rings. The Morgan fingerprint density at radius 1 is 0.909 bits per heavy atom. The predicted molar refractivity (Wildman–Crippen MR) is 93.5 cm³/mol. The zero-order valence-corrected chi connectivity index (χ0v) is 12.4. The molecule has 22 heavy (non-hydrogen) atoms. The molecule has 1 heterocycles. The molecule has 0 fully saturated rings. The summed E-state index contributed by atoms with van der Waals surface area (Å²) in [6.07, 6.45) is 2.87. The van der Waals surface area contributed by atoms with Crippen LogP contribution in [0.3, 0.4) is 0 Å². The molecule has 0 spiro atoms. The summed E-state index contributed by atoms with van der Waals surface area (Å²) in [7, 11) is 0. The third kappa shape index (κ3) is 1.98. The molecule has 1 N–H and O–H groups in total. The zero-order chi connectivity index (χ0) is 15.1. The Labute approximate surface area is 130 Å². The quantitative estimate of drug-likeness (QED) is 0.510. The molecule has 0 radical (unpaired) electrons. The first kappa shape index (κ1) is 13.0. The molecule has 0 aliphatic carbocycles. The van der Waals surface area contributed by atoms with Crippen LogP contribution in [0.2, 0.25) is 0 Å². The lowest BCUT2D eigenvalue weighted by Crippen LogP contribution is -1.86. The van der Waals surface area contributed by atoms with E-state index in [1.165, 1.54) is 31.6 Å². The highest BCUT2D eigenvalue weighted by Gasteiger charge is 2.10. The first-order valence-electron chi connectivity index (χ1n) is 6.98. The maximum atomic E-state index is 10.8. The van der Waals surface area contributed by atoms with E-state index in [4.69, 9.17) is 5.11 Å². The lowest BCUT2D eigenvalue weighted by Gasteiger charge is -2.05. The molecule has 0 saturated heterocycles. The van der Waals surface area contributed by atoms with Crippen LogP contribution in [0.15, 0.2) is 60.7 Å². The zero-order valence-electron chi connectivity index (χ0n) is 11.6.